The summed E-state index contributed by atoms with van der Waals surface area (Å²) in [6.07, 6.45) is -4.63. The highest BCUT2D eigenvalue weighted by Gasteiger charge is 2.30. The maximum atomic E-state index is 12.2. The van der Waals surface area contributed by atoms with Gasteiger partial charge in [0.2, 0.25) is 0 Å². The van der Waals surface area contributed by atoms with Crippen LogP contribution < -0.4 is 0 Å². The molecule has 2 nitrogen and oxygen atoms in total. The van der Waals surface area contributed by atoms with Gasteiger partial charge in [-0.3, -0.25) is 9.59 Å². The molecule has 0 bridgehead atoms. The molecule has 0 aliphatic rings. The fraction of sp³-hybridized carbons (Fsp3) is 0.200. The predicted octanol–water partition coefficient (Wildman–Crippen LogP) is 2.02. The van der Waals surface area contributed by atoms with E-state index in [0.717, 1.165) is 12.1 Å². The van der Waals surface area contributed by atoms with Crippen LogP contribution in [0.1, 0.15) is 11.1 Å². The average molecular weight is 216 g/mol. The van der Waals surface area contributed by atoms with Gasteiger partial charge in [0.25, 0.3) is 0 Å². The predicted molar refractivity (Wildman–Crippen MR) is 46.2 cm³/mol. The van der Waals surface area contributed by atoms with Crippen LogP contribution in [-0.4, -0.2) is 12.1 Å². The summed E-state index contributed by atoms with van der Waals surface area (Å²) < 4.78 is 36.7. The quantitative estimate of drug-likeness (QED) is 0.572. The van der Waals surface area contributed by atoms with E-state index >= 15 is 0 Å². The van der Waals surface area contributed by atoms with Crippen molar-refractivity contribution in [3.63, 3.8) is 0 Å². The van der Waals surface area contributed by atoms with Crippen LogP contribution in [0.3, 0.4) is 0 Å². The first-order valence-electron chi connectivity index (χ1n) is 4.07. The molecule has 0 amide bonds. The normalized spacial score (nSPS) is 11.1. The van der Waals surface area contributed by atoms with Crippen molar-refractivity contribution in [3.05, 3.63) is 35.4 Å². The molecule has 15 heavy (non-hydrogen) atoms. The number of hydrogen-bond acceptors (Lipinski definition) is 2. The van der Waals surface area contributed by atoms with E-state index in [4.69, 9.17) is 0 Å². The molecule has 0 fully saturated rings. The zero-order valence-electron chi connectivity index (χ0n) is 7.54. The Morgan fingerprint density at radius 3 is 2.53 bits per heavy atom. The molecular weight excluding hydrogens is 209 g/mol. The fourth-order valence-electron chi connectivity index (χ4n) is 1.10. The minimum absolute atomic E-state index is 0.0975. The number of carbonyl (C=O) groups excluding carboxylic acids is 2. The number of benzene rings is 1. The van der Waals surface area contributed by atoms with Crippen LogP contribution in [0.4, 0.5) is 13.2 Å². The maximum absolute atomic E-state index is 12.2. The van der Waals surface area contributed by atoms with E-state index in [1.54, 1.807) is 0 Å². The van der Waals surface area contributed by atoms with Crippen molar-refractivity contribution >= 4 is 12.1 Å². The van der Waals surface area contributed by atoms with Crippen LogP contribution in [0.2, 0.25) is 0 Å². The Morgan fingerprint density at radius 1 is 1.33 bits per heavy atom. The van der Waals surface area contributed by atoms with Crippen molar-refractivity contribution < 1.29 is 22.8 Å². The number of aldehydes is 1. The largest absolute Gasteiger partial charge is 0.416 e. The monoisotopic (exact) mass is 216 g/mol. The van der Waals surface area contributed by atoms with Gasteiger partial charge in [0.05, 0.1) is 5.56 Å². The van der Waals surface area contributed by atoms with Crippen LogP contribution in [0, 0.1) is 0 Å². The Morgan fingerprint density at radius 2 is 2.00 bits per heavy atom. The Balaban J connectivity index is 2.93. The topological polar surface area (TPSA) is 34.1 Å². The van der Waals surface area contributed by atoms with E-state index in [1.807, 2.05) is 0 Å². The molecule has 0 aliphatic heterocycles. The van der Waals surface area contributed by atoms with Crippen molar-refractivity contribution in [3.8, 4) is 0 Å². The molecule has 0 atom stereocenters. The summed E-state index contributed by atoms with van der Waals surface area (Å²) in [5, 5.41) is 0. The second kappa shape index (κ2) is 4.25. The number of ketones is 1. The van der Waals surface area contributed by atoms with Gasteiger partial charge in [0.15, 0.2) is 12.1 Å². The second-order valence-electron chi connectivity index (χ2n) is 2.96. The molecule has 0 heterocycles. The molecule has 5 heteroatoms. The maximum Gasteiger partial charge on any atom is 0.416 e. The summed E-state index contributed by atoms with van der Waals surface area (Å²) in [5.41, 5.74) is -0.638. The Labute approximate surface area is 83.7 Å². The second-order valence-corrected chi connectivity index (χ2v) is 2.96. The number of hydrogen-bond donors (Lipinski definition) is 0. The van der Waals surface area contributed by atoms with Gasteiger partial charge in [-0.15, -0.1) is 0 Å². The third-order valence-electron chi connectivity index (χ3n) is 1.76. The molecule has 1 aromatic rings. The first-order chi connectivity index (χ1) is 6.93. The highest BCUT2D eigenvalue weighted by atomic mass is 19.4. The fourth-order valence-corrected chi connectivity index (χ4v) is 1.10. The molecule has 80 valence electrons. The smallest absolute Gasteiger partial charge is 0.295 e. The van der Waals surface area contributed by atoms with Crippen LogP contribution in [0.25, 0.3) is 0 Å². The number of Topliss-reactive ketones (excluding diaryl/α,β-unsaturated/α-hetero) is 1. The Bertz CT molecular complexity index is 382. The highest BCUT2D eigenvalue weighted by molar-refractivity contribution is 6.25. The number of alkyl halides is 3. The van der Waals surface area contributed by atoms with Crippen molar-refractivity contribution in [2.75, 3.05) is 0 Å². The van der Waals surface area contributed by atoms with Crippen molar-refractivity contribution in [1.29, 1.82) is 0 Å². The van der Waals surface area contributed by atoms with E-state index in [9.17, 15) is 22.8 Å². The number of rotatable bonds is 3. The summed E-state index contributed by atoms with van der Waals surface area (Å²) in [4.78, 5) is 20.7. The Hall–Kier alpha value is -1.65. The minimum atomic E-state index is -4.43. The lowest BCUT2D eigenvalue weighted by atomic mass is 10.1. The Kier molecular flexibility index (Phi) is 3.24. The lowest BCUT2D eigenvalue weighted by Crippen LogP contribution is -2.08. The molecule has 1 aromatic carbocycles. The summed E-state index contributed by atoms with van der Waals surface area (Å²) in [6, 6.07) is 4.35. The van der Waals surface area contributed by atoms with Gasteiger partial charge >= 0.3 is 6.18 Å². The van der Waals surface area contributed by atoms with E-state index in [2.05, 4.69) is 0 Å². The lowest BCUT2D eigenvalue weighted by molar-refractivity contribution is -0.137. The summed E-state index contributed by atoms with van der Waals surface area (Å²) in [6.45, 7) is 0. The molecule has 0 unspecified atom stereocenters. The first-order valence-corrected chi connectivity index (χ1v) is 4.07. The van der Waals surface area contributed by atoms with Gasteiger partial charge in [0.1, 0.15) is 0 Å². The van der Waals surface area contributed by atoms with Crippen LogP contribution in [0.15, 0.2) is 24.3 Å². The zero-order chi connectivity index (χ0) is 11.5. The van der Waals surface area contributed by atoms with Gasteiger partial charge in [-0.2, -0.15) is 13.2 Å². The van der Waals surface area contributed by atoms with Crippen LogP contribution in [-0.2, 0) is 22.2 Å². The SMILES string of the molecule is O=CC(=O)Cc1cccc(C(F)(F)F)c1. The summed E-state index contributed by atoms with van der Waals surface area (Å²) in [5.74, 6) is -0.741. The van der Waals surface area contributed by atoms with E-state index < -0.39 is 17.5 Å². The van der Waals surface area contributed by atoms with E-state index in [1.165, 1.54) is 12.1 Å². The van der Waals surface area contributed by atoms with Gasteiger partial charge in [-0.1, -0.05) is 18.2 Å². The summed E-state index contributed by atoms with van der Waals surface area (Å²) in [7, 11) is 0. The van der Waals surface area contributed by atoms with Crippen LogP contribution >= 0.6 is 0 Å². The van der Waals surface area contributed by atoms with E-state index in [-0.39, 0.29) is 18.3 Å². The van der Waals surface area contributed by atoms with Crippen molar-refractivity contribution in [2.24, 2.45) is 0 Å². The molecule has 0 aliphatic carbocycles. The third kappa shape index (κ3) is 3.19. The summed E-state index contributed by atoms with van der Waals surface area (Å²) >= 11 is 0. The molecule has 0 radical (unpaired) electrons. The standard InChI is InChI=1S/C10H7F3O2/c11-10(12,13)8-3-1-2-7(4-8)5-9(15)6-14/h1-4,6H,5H2. The number of carbonyl (C=O) groups is 2. The molecule has 0 spiro atoms. The molecule has 0 aromatic heterocycles. The molecule has 0 N–H and O–H groups in total. The van der Waals surface area contributed by atoms with Gasteiger partial charge < -0.3 is 0 Å². The van der Waals surface area contributed by atoms with Gasteiger partial charge in [0, 0.05) is 6.42 Å². The van der Waals surface area contributed by atoms with Gasteiger partial charge in [-0.05, 0) is 11.6 Å². The molecule has 1 rings (SSSR count). The van der Waals surface area contributed by atoms with Crippen LogP contribution in [0.5, 0.6) is 0 Å². The highest BCUT2D eigenvalue weighted by Crippen LogP contribution is 2.29. The lowest BCUT2D eigenvalue weighted by Gasteiger charge is -2.07. The van der Waals surface area contributed by atoms with Gasteiger partial charge in [-0.25, -0.2) is 0 Å². The number of halogens is 3. The zero-order valence-corrected chi connectivity index (χ0v) is 7.54. The molecular formula is C10H7F3O2. The van der Waals surface area contributed by atoms with Crippen molar-refractivity contribution in [2.45, 2.75) is 12.6 Å². The minimum Gasteiger partial charge on any atom is -0.295 e. The molecule has 0 saturated heterocycles. The molecule has 0 saturated carbocycles. The first kappa shape index (κ1) is 11.4. The van der Waals surface area contributed by atoms with E-state index in [0.29, 0.717) is 0 Å². The average Bonchev–Trinajstić information content (AvgIpc) is 2.17. The van der Waals surface area contributed by atoms with Crippen molar-refractivity contribution in [1.82, 2.24) is 0 Å². The third-order valence-corrected chi connectivity index (χ3v) is 1.76.